The topological polar surface area (TPSA) is 82.7 Å². The molecule has 0 unspecified atom stereocenters. The Labute approximate surface area is 110 Å². The van der Waals surface area contributed by atoms with E-state index in [9.17, 15) is 4.79 Å². The van der Waals surface area contributed by atoms with Crippen molar-refractivity contribution in [3.05, 3.63) is 53.0 Å². The first kappa shape index (κ1) is 13.2. The predicted octanol–water partition coefficient (Wildman–Crippen LogP) is 2.39. The number of carboxylic acids is 1. The fraction of sp³-hybridized carbons (Fsp3) is 0.214. The molecule has 0 aliphatic carbocycles. The van der Waals surface area contributed by atoms with E-state index in [4.69, 9.17) is 14.6 Å². The smallest absolute Gasteiger partial charge is 0.335 e. The molecule has 1 heterocycles. The standard InChI is InChI=1S/C14H15NO4/c1-9-2-3-10(14(17)18)6-13(9)15-7-11-4-5-12(8-16)19-11/h2-6,15-16H,7-8H2,1H3,(H,17,18). The molecule has 0 saturated carbocycles. The van der Waals surface area contributed by atoms with Crippen molar-refractivity contribution in [1.29, 1.82) is 0 Å². The molecular weight excluding hydrogens is 246 g/mol. The Morgan fingerprint density at radius 3 is 2.63 bits per heavy atom. The van der Waals surface area contributed by atoms with Crippen molar-refractivity contribution in [3.8, 4) is 0 Å². The summed E-state index contributed by atoms with van der Waals surface area (Å²) < 4.78 is 5.34. The number of carbonyl (C=O) groups is 1. The molecule has 0 bridgehead atoms. The van der Waals surface area contributed by atoms with Crippen LogP contribution in [0.25, 0.3) is 0 Å². The van der Waals surface area contributed by atoms with Crippen molar-refractivity contribution >= 4 is 11.7 Å². The van der Waals surface area contributed by atoms with Gasteiger partial charge in [0.25, 0.3) is 0 Å². The molecule has 0 aliphatic rings. The molecule has 5 nitrogen and oxygen atoms in total. The first-order valence-corrected chi connectivity index (χ1v) is 5.86. The Morgan fingerprint density at radius 2 is 2.00 bits per heavy atom. The van der Waals surface area contributed by atoms with Crippen LogP contribution in [0.2, 0.25) is 0 Å². The van der Waals surface area contributed by atoms with Gasteiger partial charge in [-0.25, -0.2) is 4.79 Å². The van der Waals surface area contributed by atoms with Gasteiger partial charge in [0, 0.05) is 5.69 Å². The van der Waals surface area contributed by atoms with Crippen LogP contribution in [0.5, 0.6) is 0 Å². The minimum absolute atomic E-state index is 0.131. The van der Waals surface area contributed by atoms with Gasteiger partial charge in [0.15, 0.2) is 0 Å². The first-order chi connectivity index (χ1) is 9.10. The number of anilines is 1. The summed E-state index contributed by atoms with van der Waals surface area (Å²) in [5, 5.41) is 21.0. The third kappa shape index (κ3) is 3.14. The monoisotopic (exact) mass is 261 g/mol. The van der Waals surface area contributed by atoms with Crippen LogP contribution < -0.4 is 5.32 Å². The van der Waals surface area contributed by atoms with Crippen molar-refractivity contribution in [2.24, 2.45) is 0 Å². The third-order valence-corrected chi connectivity index (χ3v) is 2.81. The van der Waals surface area contributed by atoms with E-state index in [1.165, 1.54) is 0 Å². The number of aliphatic hydroxyl groups excluding tert-OH is 1. The minimum Gasteiger partial charge on any atom is -0.478 e. The Bertz CT molecular complexity index is 589. The summed E-state index contributed by atoms with van der Waals surface area (Å²) in [6.45, 7) is 2.20. The highest BCUT2D eigenvalue weighted by Gasteiger charge is 2.07. The predicted molar refractivity (Wildman–Crippen MR) is 70.1 cm³/mol. The van der Waals surface area contributed by atoms with Gasteiger partial charge in [-0.05, 0) is 36.8 Å². The Morgan fingerprint density at radius 1 is 1.26 bits per heavy atom. The minimum atomic E-state index is -0.955. The van der Waals surface area contributed by atoms with Gasteiger partial charge in [0.05, 0.1) is 12.1 Å². The van der Waals surface area contributed by atoms with Gasteiger partial charge < -0.3 is 19.9 Å². The zero-order chi connectivity index (χ0) is 13.8. The average Bonchev–Trinajstić information content (AvgIpc) is 2.85. The number of hydrogen-bond donors (Lipinski definition) is 3. The maximum absolute atomic E-state index is 10.9. The average molecular weight is 261 g/mol. The highest BCUT2D eigenvalue weighted by atomic mass is 16.4. The van der Waals surface area contributed by atoms with Gasteiger partial charge in [-0.1, -0.05) is 6.07 Å². The summed E-state index contributed by atoms with van der Waals surface area (Å²) in [5.41, 5.74) is 1.95. The summed E-state index contributed by atoms with van der Waals surface area (Å²) >= 11 is 0. The number of aliphatic hydroxyl groups is 1. The van der Waals surface area contributed by atoms with E-state index in [1.54, 1.807) is 30.3 Å². The van der Waals surface area contributed by atoms with E-state index in [2.05, 4.69) is 5.32 Å². The Kier molecular flexibility index (Phi) is 3.87. The molecule has 19 heavy (non-hydrogen) atoms. The molecule has 3 N–H and O–H groups in total. The number of carboxylic acid groups (broad SMARTS) is 1. The number of aromatic carboxylic acids is 1. The van der Waals surface area contributed by atoms with E-state index in [-0.39, 0.29) is 12.2 Å². The van der Waals surface area contributed by atoms with Crippen LogP contribution in [0.1, 0.15) is 27.4 Å². The second-order valence-electron chi connectivity index (χ2n) is 4.21. The second-order valence-corrected chi connectivity index (χ2v) is 4.21. The lowest BCUT2D eigenvalue weighted by atomic mass is 10.1. The largest absolute Gasteiger partial charge is 0.478 e. The molecule has 2 rings (SSSR count). The molecule has 0 radical (unpaired) electrons. The Hall–Kier alpha value is -2.27. The van der Waals surface area contributed by atoms with Crippen LogP contribution in [0.15, 0.2) is 34.7 Å². The molecule has 100 valence electrons. The van der Waals surface area contributed by atoms with Crippen molar-refractivity contribution in [1.82, 2.24) is 0 Å². The van der Waals surface area contributed by atoms with Crippen LogP contribution in [-0.4, -0.2) is 16.2 Å². The van der Waals surface area contributed by atoms with Gasteiger partial charge >= 0.3 is 5.97 Å². The van der Waals surface area contributed by atoms with Crippen LogP contribution in [0, 0.1) is 6.92 Å². The van der Waals surface area contributed by atoms with E-state index >= 15 is 0 Å². The van der Waals surface area contributed by atoms with Gasteiger partial charge in [0.1, 0.15) is 18.1 Å². The van der Waals surface area contributed by atoms with Crippen molar-refractivity contribution < 1.29 is 19.4 Å². The molecule has 0 fully saturated rings. The van der Waals surface area contributed by atoms with E-state index in [0.29, 0.717) is 18.1 Å². The lowest BCUT2D eigenvalue weighted by molar-refractivity contribution is 0.0697. The van der Waals surface area contributed by atoms with Gasteiger partial charge in [-0.15, -0.1) is 0 Å². The molecule has 0 spiro atoms. The van der Waals surface area contributed by atoms with Crippen LogP contribution in [0.4, 0.5) is 5.69 Å². The lowest BCUT2D eigenvalue weighted by Crippen LogP contribution is -2.03. The Balaban J connectivity index is 2.10. The molecule has 5 heteroatoms. The van der Waals surface area contributed by atoms with Crippen molar-refractivity contribution in [2.75, 3.05) is 5.32 Å². The summed E-state index contributed by atoms with van der Waals surface area (Å²) in [6.07, 6.45) is 0. The molecule has 1 aromatic carbocycles. The quantitative estimate of drug-likeness (QED) is 0.769. The SMILES string of the molecule is Cc1ccc(C(=O)O)cc1NCc1ccc(CO)o1. The number of aryl methyl sites for hydroxylation is 1. The highest BCUT2D eigenvalue weighted by Crippen LogP contribution is 2.18. The van der Waals surface area contributed by atoms with Crippen LogP contribution in [-0.2, 0) is 13.2 Å². The number of furan rings is 1. The summed E-state index contributed by atoms with van der Waals surface area (Å²) in [6, 6.07) is 8.40. The molecule has 0 aliphatic heterocycles. The zero-order valence-corrected chi connectivity index (χ0v) is 10.5. The molecule has 0 amide bonds. The van der Waals surface area contributed by atoms with Crippen LogP contribution in [0.3, 0.4) is 0 Å². The zero-order valence-electron chi connectivity index (χ0n) is 10.5. The third-order valence-electron chi connectivity index (χ3n) is 2.81. The number of nitrogens with one attached hydrogen (secondary N) is 1. The molecule has 2 aromatic rings. The number of rotatable bonds is 5. The number of hydrogen-bond acceptors (Lipinski definition) is 4. The maximum Gasteiger partial charge on any atom is 0.335 e. The second kappa shape index (κ2) is 5.58. The molecule has 1 aromatic heterocycles. The van der Waals surface area contributed by atoms with Crippen molar-refractivity contribution in [2.45, 2.75) is 20.1 Å². The lowest BCUT2D eigenvalue weighted by Gasteiger charge is -2.09. The van der Waals surface area contributed by atoms with E-state index in [1.807, 2.05) is 6.92 Å². The fourth-order valence-electron chi connectivity index (χ4n) is 1.73. The summed E-state index contributed by atoms with van der Waals surface area (Å²) in [4.78, 5) is 10.9. The molecule has 0 atom stereocenters. The van der Waals surface area contributed by atoms with Crippen LogP contribution >= 0.6 is 0 Å². The van der Waals surface area contributed by atoms with Gasteiger partial charge in [-0.3, -0.25) is 0 Å². The molecule has 0 saturated heterocycles. The van der Waals surface area contributed by atoms with E-state index in [0.717, 1.165) is 11.3 Å². The number of benzene rings is 1. The van der Waals surface area contributed by atoms with E-state index < -0.39 is 5.97 Å². The highest BCUT2D eigenvalue weighted by molar-refractivity contribution is 5.89. The maximum atomic E-state index is 10.9. The fourth-order valence-corrected chi connectivity index (χ4v) is 1.73. The summed E-state index contributed by atoms with van der Waals surface area (Å²) in [7, 11) is 0. The summed E-state index contributed by atoms with van der Waals surface area (Å²) in [5.74, 6) is 0.237. The van der Waals surface area contributed by atoms with Crippen molar-refractivity contribution in [3.63, 3.8) is 0 Å². The van der Waals surface area contributed by atoms with Gasteiger partial charge in [-0.2, -0.15) is 0 Å². The first-order valence-electron chi connectivity index (χ1n) is 5.86. The normalized spacial score (nSPS) is 10.4. The van der Waals surface area contributed by atoms with Gasteiger partial charge in [0.2, 0.25) is 0 Å². The molecular formula is C14H15NO4.